The largest absolute Gasteiger partial charge is 0.388 e. The maximum Gasteiger partial charge on any atom is 0.0753 e. The standard InChI is InChI=1S/C28H55N3S/c1-10-28(8,19-22-31-26(32)16-13-20-29-9)18-14-17-27(6,7)25(5)30-21-12-11-15-24(4)23(2)3/h24,29-30H,2,5,10-22H2,1,3-4,6-9H3,(H,31,32). The third kappa shape index (κ3) is 14.3. The Labute approximate surface area is 206 Å². The van der Waals surface area contributed by atoms with Crippen LogP contribution in [0.5, 0.6) is 0 Å². The Morgan fingerprint density at radius 3 is 2.19 bits per heavy atom. The third-order valence-electron chi connectivity index (χ3n) is 7.38. The second-order valence-corrected chi connectivity index (χ2v) is 11.4. The average Bonchev–Trinajstić information content (AvgIpc) is 2.73. The summed E-state index contributed by atoms with van der Waals surface area (Å²) in [5.74, 6) is 0.631. The molecule has 0 aromatic carbocycles. The minimum absolute atomic E-state index is 0.132. The van der Waals surface area contributed by atoms with Crippen molar-refractivity contribution in [2.75, 3.05) is 26.7 Å². The van der Waals surface area contributed by atoms with E-state index in [1.54, 1.807) is 0 Å². The first-order valence-corrected chi connectivity index (χ1v) is 13.4. The molecule has 2 unspecified atom stereocenters. The van der Waals surface area contributed by atoms with Gasteiger partial charge in [-0.2, -0.15) is 0 Å². The summed E-state index contributed by atoms with van der Waals surface area (Å²) in [6.07, 6.45) is 11.8. The second kappa shape index (κ2) is 16.7. The molecule has 0 aromatic heterocycles. The molecular formula is C28H55N3S. The van der Waals surface area contributed by atoms with Gasteiger partial charge in [0.15, 0.2) is 0 Å². The molecule has 0 saturated carbocycles. The lowest BCUT2D eigenvalue weighted by atomic mass is 9.76. The number of hydrogen-bond donors (Lipinski definition) is 3. The monoisotopic (exact) mass is 465 g/mol. The van der Waals surface area contributed by atoms with Crippen LogP contribution >= 0.6 is 12.2 Å². The number of thiocarbonyl (C=S) groups is 1. The molecule has 3 N–H and O–H groups in total. The molecule has 0 aliphatic rings. The van der Waals surface area contributed by atoms with Crippen molar-refractivity contribution < 1.29 is 0 Å². The van der Waals surface area contributed by atoms with E-state index >= 15 is 0 Å². The Hall–Kier alpha value is -0.870. The summed E-state index contributed by atoms with van der Waals surface area (Å²) in [6, 6.07) is 0. The first kappa shape index (κ1) is 31.1. The highest BCUT2D eigenvalue weighted by Gasteiger charge is 2.25. The van der Waals surface area contributed by atoms with Crippen molar-refractivity contribution >= 4 is 17.2 Å². The van der Waals surface area contributed by atoms with E-state index in [9.17, 15) is 0 Å². The molecule has 0 spiro atoms. The van der Waals surface area contributed by atoms with E-state index < -0.39 is 0 Å². The van der Waals surface area contributed by atoms with E-state index in [4.69, 9.17) is 12.2 Å². The topological polar surface area (TPSA) is 36.1 Å². The van der Waals surface area contributed by atoms with E-state index in [2.05, 4.69) is 70.7 Å². The lowest BCUT2D eigenvalue weighted by Gasteiger charge is -2.32. The molecule has 0 amide bonds. The molecule has 0 saturated heterocycles. The Morgan fingerprint density at radius 2 is 1.59 bits per heavy atom. The van der Waals surface area contributed by atoms with Gasteiger partial charge in [-0.15, -0.1) is 0 Å². The Morgan fingerprint density at radius 1 is 0.906 bits per heavy atom. The van der Waals surface area contributed by atoms with E-state index in [0.717, 1.165) is 37.5 Å². The number of unbranched alkanes of at least 4 members (excludes halogenated alkanes) is 1. The maximum absolute atomic E-state index is 5.47. The number of rotatable bonds is 20. The number of allylic oxidation sites excluding steroid dienone is 2. The van der Waals surface area contributed by atoms with Crippen LogP contribution in [0.4, 0.5) is 0 Å². The molecule has 0 heterocycles. The SMILES string of the molecule is C=C(C)C(C)CCCCNC(=C)C(C)(C)CCCC(C)(CC)CCNC(=S)CCCNC. The van der Waals surface area contributed by atoms with E-state index in [-0.39, 0.29) is 5.41 Å². The molecule has 0 aliphatic heterocycles. The first-order chi connectivity index (χ1) is 15.0. The van der Waals surface area contributed by atoms with Crippen LogP contribution in [0.2, 0.25) is 0 Å². The zero-order valence-electron chi connectivity index (χ0n) is 22.6. The Bertz CT molecular complexity index is 555. The minimum atomic E-state index is 0.132. The Balaban J connectivity index is 4.21. The van der Waals surface area contributed by atoms with Crippen molar-refractivity contribution in [3.05, 3.63) is 24.4 Å². The molecule has 0 radical (unpaired) electrons. The van der Waals surface area contributed by atoms with Gasteiger partial charge in [0.25, 0.3) is 0 Å². The summed E-state index contributed by atoms with van der Waals surface area (Å²) < 4.78 is 0. The van der Waals surface area contributed by atoms with Gasteiger partial charge in [-0.3, -0.25) is 0 Å². The highest BCUT2D eigenvalue weighted by atomic mass is 32.1. The highest BCUT2D eigenvalue weighted by molar-refractivity contribution is 7.80. The molecule has 32 heavy (non-hydrogen) atoms. The van der Waals surface area contributed by atoms with Gasteiger partial charge in [0.1, 0.15) is 0 Å². The molecule has 3 nitrogen and oxygen atoms in total. The summed E-state index contributed by atoms with van der Waals surface area (Å²) >= 11 is 5.47. The quantitative estimate of drug-likeness (QED) is 0.0995. The van der Waals surface area contributed by atoms with Crippen molar-refractivity contribution in [1.82, 2.24) is 16.0 Å². The highest BCUT2D eigenvalue weighted by Crippen LogP contribution is 2.36. The molecule has 4 heteroatoms. The number of hydrogen-bond acceptors (Lipinski definition) is 3. The first-order valence-electron chi connectivity index (χ1n) is 13.0. The van der Waals surface area contributed by atoms with Crippen molar-refractivity contribution in [1.29, 1.82) is 0 Å². The van der Waals surface area contributed by atoms with E-state index in [1.807, 2.05) is 7.05 Å². The van der Waals surface area contributed by atoms with Crippen molar-refractivity contribution in [3.63, 3.8) is 0 Å². The zero-order valence-corrected chi connectivity index (χ0v) is 23.4. The molecule has 188 valence electrons. The Kier molecular flexibility index (Phi) is 16.2. The van der Waals surface area contributed by atoms with Crippen LogP contribution in [0.25, 0.3) is 0 Å². The van der Waals surface area contributed by atoms with Gasteiger partial charge in [-0.1, -0.05) is 84.8 Å². The predicted octanol–water partition coefficient (Wildman–Crippen LogP) is 7.39. The third-order valence-corrected chi connectivity index (χ3v) is 7.73. The van der Waals surface area contributed by atoms with Gasteiger partial charge < -0.3 is 16.0 Å². The van der Waals surface area contributed by atoms with Gasteiger partial charge in [0.05, 0.1) is 4.99 Å². The lowest BCUT2D eigenvalue weighted by molar-refractivity contribution is 0.235. The average molecular weight is 466 g/mol. The lowest BCUT2D eigenvalue weighted by Crippen LogP contribution is -2.29. The fourth-order valence-electron chi connectivity index (χ4n) is 3.90. The fraction of sp³-hybridized carbons (Fsp3) is 0.821. The maximum atomic E-state index is 5.47. The molecule has 0 fully saturated rings. The van der Waals surface area contributed by atoms with Crippen molar-refractivity contribution in [3.8, 4) is 0 Å². The summed E-state index contributed by atoms with van der Waals surface area (Å²) in [7, 11) is 1.99. The van der Waals surface area contributed by atoms with Crippen molar-refractivity contribution in [2.24, 2.45) is 16.7 Å². The summed E-state index contributed by atoms with van der Waals surface area (Å²) in [5, 5.41) is 10.3. The second-order valence-electron chi connectivity index (χ2n) is 10.9. The summed E-state index contributed by atoms with van der Waals surface area (Å²) in [5.41, 5.74) is 2.99. The fourth-order valence-corrected chi connectivity index (χ4v) is 4.15. The van der Waals surface area contributed by atoms with Crippen molar-refractivity contribution in [2.45, 2.75) is 106 Å². The zero-order chi connectivity index (χ0) is 24.6. The van der Waals surface area contributed by atoms with Crippen LogP contribution in [0.15, 0.2) is 24.4 Å². The normalized spacial score (nSPS) is 14.5. The molecule has 2 atom stereocenters. The van der Waals surface area contributed by atoms with Gasteiger partial charge >= 0.3 is 0 Å². The van der Waals surface area contributed by atoms with E-state index in [0.29, 0.717) is 11.3 Å². The van der Waals surface area contributed by atoms with Gasteiger partial charge in [0, 0.05) is 24.2 Å². The summed E-state index contributed by atoms with van der Waals surface area (Å²) in [4.78, 5) is 1.01. The van der Waals surface area contributed by atoms with Crippen LogP contribution in [-0.4, -0.2) is 31.7 Å². The van der Waals surface area contributed by atoms with Crippen LogP contribution in [-0.2, 0) is 0 Å². The molecule has 0 rings (SSSR count). The van der Waals surface area contributed by atoms with Gasteiger partial charge in [0.2, 0.25) is 0 Å². The number of nitrogens with one attached hydrogen (secondary N) is 3. The van der Waals surface area contributed by atoms with Crippen LogP contribution in [0.1, 0.15) is 106 Å². The van der Waals surface area contributed by atoms with Crippen LogP contribution in [0, 0.1) is 16.7 Å². The molecule has 0 bridgehead atoms. The molecular weight excluding hydrogens is 410 g/mol. The predicted molar refractivity (Wildman–Crippen MR) is 149 cm³/mol. The van der Waals surface area contributed by atoms with Gasteiger partial charge in [-0.05, 0) is 76.8 Å². The van der Waals surface area contributed by atoms with Gasteiger partial charge in [-0.25, -0.2) is 0 Å². The smallest absolute Gasteiger partial charge is 0.0753 e. The van der Waals surface area contributed by atoms with Crippen LogP contribution in [0.3, 0.4) is 0 Å². The minimum Gasteiger partial charge on any atom is -0.388 e. The molecule has 0 aromatic rings. The van der Waals surface area contributed by atoms with E-state index in [1.165, 1.54) is 62.6 Å². The van der Waals surface area contributed by atoms with Crippen LogP contribution < -0.4 is 16.0 Å². The molecule has 0 aliphatic carbocycles. The summed E-state index contributed by atoms with van der Waals surface area (Å²) in [6.45, 7) is 25.3.